The van der Waals surface area contributed by atoms with E-state index in [2.05, 4.69) is 31.1 Å². The van der Waals surface area contributed by atoms with Crippen LogP contribution in [0.15, 0.2) is 23.1 Å². The molecule has 3 aromatic rings. The zero-order chi connectivity index (χ0) is 15.9. The highest BCUT2D eigenvalue weighted by atomic mass is 79.9. The van der Waals surface area contributed by atoms with E-state index < -0.39 is 5.82 Å². The van der Waals surface area contributed by atoms with Gasteiger partial charge in [-0.25, -0.2) is 13.6 Å². The minimum Gasteiger partial charge on any atom is -0.366 e. The third kappa shape index (κ3) is 2.46. The van der Waals surface area contributed by atoms with E-state index in [4.69, 9.17) is 10.5 Å². The summed E-state index contributed by atoms with van der Waals surface area (Å²) in [6.45, 7) is 4.34. The minimum atomic E-state index is -0.451. The van der Waals surface area contributed by atoms with E-state index in [1.165, 1.54) is 10.7 Å². The van der Waals surface area contributed by atoms with E-state index >= 15 is 0 Å². The highest BCUT2D eigenvalue weighted by molar-refractivity contribution is 9.10. The second-order valence-corrected chi connectivity index (χ2v) is 5.46. The highest BCUT2D eigenvalue weighted by Gasteiger charge is 2.18. The number of rotatable bonds is 4. The molecule has 1 atom stereocenters. The molecule has 3 aromatic heterocycles. The van der Waals surface area contributed by atoms with Crippen molar-refractivity contribution in [2.75, 3.05) is 12.3 Å². The summed E-state index contributed by atoms with van der Waals surface area (Å²) in [5.41, 5.74) is 6.97. The Hall–Kier alpha value is -2.00. The van der Waals surface area contributed by atoms with E-state index in [0.717, 1.165) is 0 Å². The Morgan fingerprint density at radius 2 is 2.23 bits per heavy atom. The first-order valence-electron chi connectivity index (χ1n) is 6.67. The van der Waals surface area contributed by atoms with Gasteiger partial charge in [0.1, 0.15) is 6.23 Å². The Balaban J connectivity index is 2.10. The average Bonchev–Trinajstić information content (AvgIpc) is 3.06. The molecule has 2 N–H and O–H groups in total. The van der Waals surface area contributed by atoms with Crippen LogP contribution >= 0.6 is 15.9 Å². The highest BCUT2D eigenvalue weighted by Crippen LogP contribution is 2.33. The van der Waals surface area contributed by atoms with Crippen LogP contribution in [0.3, 0.4) is 0 Å². The van der Waals surface area contributed by atoms with Crippen molar-refractivity contribution in [2.24, 2.45) is 0 Å². The van der Waals surface area contributed by atoms with Crippen LogP contribution in [0.5, 0.6) is 0 Å². The number of halogens is 2. The molecule has 116 valence electrons. The summed E-state index contributed by atoms with van der Waals surface area (Å²) in [7, 11) is 0. The molecule has 0 aliphatic heterocycles. The molecule has 0 saturated carbocycles. The van der Waals surface area contributed by atoms with Crippen LogP contribution in [0.25, 0.3) is 16.8 Å². The number of aromatic nitrogens is 5. The van der Waals surface area contributed by atoms with Crippen molar-refractivity contribution in [1.29, 1.82) is 0 Å². The molecule has 0 aromatic carbocycles. The Morgan fingerprint density at radius 1 is 1.45 bits per heavy atom. The second-order valence-electron chi connectivity index (χ2n) is 4.67. The fourth-order valence-corrected chi connectivity index (χ4v) is 2.90. The Kier molecular flexibility index (Phi) is 3.83. The summed E-state index contributed by atoms with van der Waals surface area (Å²) < 4.78 is 23.3. The number of fused-ring (bicyclic) bond motifs is 1. The van der Waals surface area contributed by atoms with Crippen LogP contribution in [-0.2, 0) is 4.74 Å². The van der Waals surface area contributed by atoms with Crippen molar-refractivity contribution in [3.63, 3.8) is 0 Å². The third-order valence-electron chi connectivity index (χ3n) is 3.21. The molecule has 22 heavy (non-hydrogen) atoms. The number of anilines is 1. The molecule has 0 amide bonds. The fraction of sp³-hybridized carbons (Fsp3) is 0.308. The predicted molar refractivity (Wildman–Crippen MR) is 82.6 cm³/mol. The van der Waals surface area contributed by atoms with Gasteiger partial charge in [0.15, 0.2) is 11.5 Å². The molecular formula is C13H14BrFN6O. The molecule has 1 unspecified atom stereocenters. The van der Waals surface area contributed by atoms with Crippen LogP contribution in [0.1, 0.15) is 20.1 Å². The summed E-state index contributed by atoms with van der Waals surface area (Å²) in [6.07, 6.45) is 4.31. The van der Waals surface area contributed by atoms with Gasteiger partial charge < -0.3 is 10.5 Å². The first-order chi connectivity index (χ1) is 10.5. The number of ether oxygens (including phenoxy) is 1. The van der Waals surface area contributed by atoms with Gasteiger partial charge in [0, 0.05) is 23.9 Å². The number of nitrogens with two attached hydrogens (primary N) is 1. The monoisotopic (exact) mass is 368 g/mol. The second kappa shape index (κ2) is 5.65. The Labute approximate surface area is 134 Å². The molecule has 0 bridgehead atoms. The lowest BCUT2D eigenvalue weighted by atomic mass is 10.1. The molecule has 3 rings (SSSR count). The standard InChI is InChI=1S/C13H14BrFN6O/c1-3-22-7(2)20-5-8(4-17-20)10-9(15)6-21-12(11(10)14)18-13(16)19-21/h4-7H,3H2,1-2H3,(H2,16,19). The maximum Gasteiger partial charge on any atom is 0.240 e. The molecule has 0 radical (unpaired) electrons. The van der Waals surface area contributed by atoms with E-state index in [1.807, 2.05) is 13.8 Å². The SMILES string of the molecule is CCOC(C)n1cc(-c2c(F)cn3nc(N)nc3c2Br)cn1. The molecule has 3 heterocycles. The van der Waals surface area contributed by atoms with Gasteiger partial charge >= 0.3 is 0 Å². The molecule has 9 heteroatoms. The van der Waals surface area contributed by atoms with Crippen LogP contribution in [0, 0.1) is 5.82 Å². The van der Waals surface area contributed by atoms with E-state index in [-0.39, 0.29) is 12.2 Å². The Morgan fingerprint density at radius 3 is 2.95 bits per heavy atom. The number of hydrogen-bond acceptors (Lipinski definition) is 5. The first-order valence-corrected chi connectivity index (χ1v) is 7.46. The van der Waals surface area contributed by atoms with E-state index in [1.54, 1.807) is 17.1 Å². The number of nitrogens with zero attached hydrogens (tertiary/aromatic N) is 5. The van der Waals surface area contributed by atoms with Crippen molar-refractivity contribution in [1.82, 2.24) is 24.4 Å². The average molecular weight is 369 g/mol. The maximum absolute atomic E-state index is 14.4. The minimum absolute atomic E-state index is 0.0814. The maximum atomic E-state index is 14.4. The summed E-state index contributed by atoms with van der Waals surface area (Å²) in [4.78, 5) is 4.08. The van der Waals surface area contributed by atoms with Gasteiger partial charge in [0.05, 0.1) is 16.9 Å². The van der Waals surface area contributed by atoms with Gasteiger partial charge in [-0.15, -0.1) is 5.10 Å². The van der Waals surface area contributed by atoms with Crippen molar-refractivity contribution >= 4 is 27.5 Å². The van der Waals surface area contributed by atoms with Gasteiger partial charge in [-0.1, -0.05) is 0 Å². The molecule has 0 aliphatic rings. The van der Waals surface area contributed by atoms with Gasteiger partial charge in [0.25, 0.3) is 0 Å². The smallest absolute Gasteiger partial charge is 0.240 e. The predicted octanol–water partition coefficient (Wildman–Crippen LogP) is 2.63. The molecular weight excluding hydrogens is 355 g/mol. The topological polar surface area (TPSA) is 83.3 Å². The number of hydrogen-bond donors (Lipinski definition) is 1. The zero-order valence-electron chi connectivity index (χ0n) is 12.0. The lowest BCUT2D eigenvalue weighted by Gasteiger charge is -2.11. The van der Waals surface area contributed by atoms with Gasteiger partial charge in [-0.3, -0.25) is 0 Å². The third-order valence-corrected chi connectivity index (χ3v) is 3.96. The summed E-state index contributed by atoms with van der Waals surface area (Å²) in [5, 5.41) is 8.12. The van der Waals surface area contributed by atoms with Gasteiger partial charge in [-0.05, 0) is 29.8 Å². The lowest BCUT2D eigenvalue weighted by Crippen LogP contribution is -2.09. The van der Waals surface area contributed by atoms with E-state index in [0.29, 0.717) is 27.9 Å². The van der Waals surface area contributed by atoms with Crippen LogP contribution < -0.4 is 5.73 Å². The zero-order valence-corrected chi connectivity index (χ0v) is 13.6. The number of nitrogen functional groups attached to an aromatic ring is 1. The van der Waals surface area contributed by atoms with Crippen LogP contribution in [0.2, 0.25) is 0 Å². The van der Waals surface area contributed by atoms with Crippen molar-refractivity contribution < 1.29 is 9.13 Å². The van der Waals surface area contributed by atoms with Crippen molar-refractivity contribution in [3.8, 4) is 11.1 Å². The first kappa shape index (κ1) is 14.9. The molecule has 7 nitrogen and oxygen atoms in total. The molecule has 0 spiro atoms. The summed E-state index contributed by atoms with van der Waals surface area (Å²) >= 11 is 3.37. The Bertz CT molecular complexity index is 829. The molecule has 0 aliphatic carbocycles. The molecule has 0 fully saturated rings. The normalized spacial score (nSPS) is 12.9. The lowest BCUT2D eigenvalue weighted by molar-refractivity contribution is 0.0160. The van der Waals surface area contributed by atoms with Gasteiger partial charge in [-0.2, -0.15) is 10.1 Å². The van der Waals surface area contributed by atoms with Crippen molar-refractivity contribution in [3.05, 3.63) is 28.9 Å². The summed E-state index contributed by atoms with van der Waals surface area (Å²) in [5.74, 6) is -0.370. The van der Waals surface area contributed by atoms with Crippen LogP contribution in [0.4, 0.5) is 10.3 Å². The quantitative estimate of drug-likeness (QED) is 0.765. The van der Waals surface area contributed by atoms with Crippen LogP contribution in [-0.4, -0.2) is 31.0 Å². The fourth-order valence-electron chi connectivity index (χ4n) is 2.22. The van der Waals surface area contributed by atoms with Crippen molar-refractivity contribution in [2.45, 2.75) is 20.1 Å². The van der Waals surface area contributed by atoms with E-state index in [9.17, 15) is 4.39 Å². The largest absolute Gasteiger partial charge is 0.366 e. The summed E-state index contributed by atoms with van der Waals surface area (Å²) in [6, 6.07) is 0. The van der Waals surface area contributed by atoms with Gasteiger partial charge in [0.2, 0.25) is 5.95 Å². The number of pyridine rings is 1. The molecule has 0 saturated heterocycles.